The molecule has 0 saturated carbocycles. The molecule has 0 amide bonds. The lowest BCUT2D eigenvalue weighted by Crippen LogP contribution is -2.32. The Hall–Kier alpha value is -0.670. The summed E-state index contributed by atoms with van der Waals surface area (Å²) >= 11 is 0. The van der Waals surface area contributed by atoms with E-state index in [1.165, 1.54) is 0 Å². The first-order valence-electron chi connectivity index (χ1n) is 6.60. The summed E-state index contributed by atoms with van der Waals surface area (Å²) < 4.78 is 0. The predicted molar refractivity (Wildman–Crippen MR) is 67.6 cm³/mol. The van der Waals surface area contributed by atoms with Crippen molar-refractivity contribution in [1.29, 1.82) is 0 Å². The largest absolute Gasteiger partial charge is 0.393 e. The van der Waals surface area contributed by atoms with Crippen molar-refractivity contribution >= 4 is 5.78 Å². The van der Waals surface area contributed by atoms with E-state index in [1.807, 2.05) is 19.9 Å². The molecule has 0 fully saturated rings. The Bertz CT molecular complexity index is 296. The van der Waals surface area contributed by atoms with Gasteiger partial charge >= 0.3 is 0 Å². The maximum atomic E-state index is 12.0. The maximum Gasteiger partial charge on any atom is 0.164 e. The molecule has 3 heteroatoms. The van der Waals surface area contributed by atoms with Crippen LogP contribution in [-0.4, -0.2) is 28.2 Å². The van der Waals surface area contributed by atoms with Gasteiger partial charge in [-0.2, -0.15) is 0 Å². The molecule has 0 radical (unpaired) electrons. The van der Waals surface area contributed by atoms with Crippen molar-refractivity contribution in [2.75, 3.05) is 0 Å². The zero-order chi connectivity index (χ0) is 13.0. The molecule has 4 atom stereocenters. The lowest BCUT2D eigenvalue weighted by molar-refractivity contribution is -0.123. The molecule has 1 rings (SSSR count). The quantitative estimate of drug-likeness (QED) is 0.747. The zero-order valence-electron chi connectivity index (χ0n) is 11.0. The van der Waals surface area contributed by atoms with Gasteiger partial charge in [-0.1, -0.05) is 26.3 Å². The Labute approximate surface area is 104 Å². The van der Waals surface area contributed by atoms with Gasteiger partial charge in [0.15, 0.2) is 5.78 Å². The standard InChI is InChI=1S/C14H24O3/c1-4-6-12(16)13-10(8-11(15)5-2)7-9(3)14(13)17/h7,10-13,15-16H,4-6,8H2,1-3H3/t10-,11+,12-,13+/m0/s1. The Kier molecular flexibility index (Phi) is 5.34. The van der Waals surface area contributed by atoms with Gasteiger partial charge in [0.1, 0.15) is 0 Å². The molecule has 0 unspecified atom stereocenters. The molecule has 0 heterocycles. The lowest BCUT2D eigenvalue weighted by atomic mass is 9.83. The zero-order valence-corrected chi connectivity index (χ0v) is 11.0. The Morgan fingerprint density at radius 2 is 2.00 bits per heavy atom. The van der Waals surface area contributed by atoms with Crippen molar-refractivity contribution in [2.24, 2.45) is 11.8 Å². The summed E-state index contributed by atoms with van der Waals surface area (Å²) in [6.07, 6.45) is 3.74. The minimum Gasteiger partial charge on any atom is -0.393 e. The third-order valence-corrected chi connectivity index (χ3v) is 3.63. The molecular weight excluding hydrogens is 216 g/mol. The highest BCUT2D eigenvalue weighted by atomic mass is 16.3. The third-order valence-electron chi connectivity index (χ3n) is 3.63. The van der Waals surface area contributed by atoms with E-state index in [4.69, 9.17) is 0 Å². The van der Waals surface area contributed by atoms with Crippen LogP contribution in [0, 0.1) is 11.8 Å². The second-order valence-corrected chi connectivity index (χ2v) is 5.06. The number of allylic oxidation sites excluding steroid dienone is 2. The molecule has 1 aliphatic carbocycles. The maximum absolute atomic E-state index is 12.0. The molecular formula is C14H24O3. The predicted octanol–water partition coefficient (Wildman–Crippen LogP) is 2.07. The first-order chi connectivity index (χ1) is 8.01. The van der Waals surface area contributed by atoms with Gasteiger partial charge in [-0.25, -0.2) is 0 Å². The van der Waals surface area contributed by atoms with Crippen molar-refractivity contribution in [2.45, 2.75) is 58.7 Å². The van der Waals surface area contributed by atoms with Crippen molar-refractivity contribution < 1.29 is 15.0 Å². The Balaban J connectivity index is 2.74. The third kappa shape index (κ3) is 3.39. The minimum absolute atomic E-state index is 0.000926. The van der Waals surface area contributed by atoms with Gasteiger partial charge < -0.3 is 10.2 Å². The first kappa shape index (κ1) is 14.4. The van der Waals surface area contributed by atoms with Gasteiger partial charge in [0.25, 0.3) is 0 Å². The topological polar surface area (TPSA) is 57.5 Å². The van der Waals surface area contributed by atoms with E-state index < -0.39 is 6.10 Å². The highest BCUT2D eigenvalue weighted by Gasteiger charge is 2.38. The number of aliphatic hydroxyl groups excluding tert-OH is 2. The van der Waals surface area contributed by atoms with E-state index in [-0.39, 0.29) is 23.7 Å². The van der Waals surface area contributed by atoms with Crippen molar-refractivity contribution in [1.82, 2.24) is 0 Å². The number of aliphatic hydroxyl groups is 2. The van der Waals surface area contributed by atoms with Gasteiger partial charge in [0.05, 0.1) is 18.1 Å². The van der Waals surface area contributed by atoms with Crippen LogP contribution in [0.2, 0.25) is 0 Å². The van der Waals surface area contributed by atoms with Crippen LogP contribution in [0.1, 0.15) is 46.5 Å². The number of carbonyl (C=O) groups excluding carboxylic acids is 1. The average molecular weight is 240 g/mol. The highest BCUT2D eigenvalue weighted by Crippen LogP contribution is 2.34. The normalized spacial score (nSPS) is 28.1. The van der Waals surface area contributed by atoms with E-state index in [0.717, 1.165) is 12.0 Å². The first-order valence-corrected chi connectivity index (χ1v) is 6.60. The molecule has 0 aliphatic heterocycles. The van der Waals surface area contributed by atoms with E-state index in [1.54, 1.807) is 6.92 Å². The number of hydrogen-bond acceptors (Lipinski definition) is 3. The molecule has 0 bridgehead atoms. The van der Waals surface area contributed by atoms with Crippen molar-refractivity contribution in [3.8, 4) is 0 Å². The van der Waals surface area contributed by atoms with E-state index >= 15 is 0 Å². The summed E-state index contributed by atoms with van der Waals surface area (Å²) in [5.74, 6) is -0.283. The SMILES string of the molecule is CCC[C@H](O)[C@@H]1C(=O)C(C)=C[C@H]1C[C@H](O)CC. The van der Waals surface area contributed by atoms with Crippen LogP contribution in [0.3, 0.4) is 0 Å². The van der Waals surface area contributed by atoms with Crippen LogP contribution in [0.25, 0.3) is 0 Å². The molecule has 0 spiro atoms. The second-order valence-electron chi connectivity index (χ2n) is 5.06. The van der Waals surface area contributed by atoms with Crippen LogP contribution >= 0.6 is 0 Å². The van der Waals surface area contributed by atoms with Crippen molar-refractivity contribution in [3.63, 3.8) is 0 Å². The minimum atomic E-state index is -0.574. The molecule has 0 aromatic heterocycles. The second kappa shape index (κ2) is 6.31. The Morgan fingerprint density at radius 3 is 2.53 bits per heavy atom. The van der Waals surface area contributed by atoms with Gasteiger partial charge in [-0.05, 0) is 37.7 Å². The molecule has 17 heavy (non-hydrogen) atoms. The van der Waals surface area contributed by atoms with Gasteiger partial charge in [-0.15, -0.1) is 0 Å². The molecule has 1 aliphatic rings. The summed E-state index contributed by atoms with van der Waals surface area (Å²) in [7, 11) is 0. The summed E-state index contributed by atoms with van der Waals surface area (Å²) in [6, 6.07) is 0. The van der Waals surface area contributed by atoms with Crippen LogP contribution in [0.4, 0.5) is 0 Å². The molecule has 0 saturated heterocycles. The van der Waals surface area contributed by atoms with E-state index in [0.29, 0.717) is 19.3 Å². The van der Waals surface area contributed by atoms with Crippen molar-refractivity contribution in [3.05, 3.63) is 11.6 Å². The smallest absolute Gasteiger partial charge is 0.164 e. The number of ketones is 1. The average Bonchev–Trinajstić information content (AvgIpc) is 2.54. The van der Waals surface area contributed by atoms with Crippen LogP contribution in [0.5, 0.6) is 0 Å². The Morgan fingerprint density at radius 1 is 1.35 bits per heavy atom. The fourth-order valence-corrected chi connectivity index (χ4v) is 2.60. The fourth-order valence-electron chi connectivity index (χ4n) is 2.60. The van der Waals surface area contributed by atoms with Gasteiger partial charge in [0, 0.05) is 0 Å². The molecule has 2 N–H and O–H groups in total. The molecule has 3 nitrogen and oxygen atoms in total. The van der Waals surface area contributed by atoms with Crippen LogP contribution in [0.15, 0.2) is 11.6 Å². The van der Waals surface area contributed by atoms with Gasteiger partial charge in [-0.3, -0.25) is 4.79 Å². The lowest BCUT2D eigenvalue weighted by Gasteiger charge is -2.24. The number of hydrogen-bond donors (Lipinski definition) is 2. The monoisotopic (exact) mass is 240 g/mol. The molecule has 98 valence electrons. The van der Waals surface area contributed by atoms with Gasteiger partial charge in [0.2, 0.25) is 0 Å². The van der Waals surface area contributed by atoms with E-state index in [2.05, 4.69) is 0 Å². The van der Waals surface area contributed by atoms with E-state index in [9.17, 15) is 15.0 Å². The summed E-state index contributed by atoms with van der Waals surface area (Å²) in [6.45, 7) is 5.72. The molecule has 0 aromatic carbocycles. The van der Waals surface area contributed by atoms with Crippen LogP contribution < -0.4 is 0 Å². The molecule has 0 aromatic rings. The number of carbonyl (C=O) groups is 1. The summed E-state index contributed by atoms with van der Waals surface area (Å²) in [5, 5.41) is 19.8. The summed E-state index contributed by atoms with van der Waals surface area (Å²) in [5.41, 5.74) is 0.735. The summed E-state index contributed by atoms with van der Waals surface area (Å²) in [4.78, 5) is 12.0. The highest BCUT2D eigenvalue weighted by molar-refractivity contribution is 5.99. The number of Topliss-reactive ketones (excluding diaryl/α,β-unsaturated/α-hetero) is 1. The van der Waals surface area contributed by atoms with Crippen LogP contribution in [-0.2, 0) is 4.79 Å². The fraction of sp³-hybridized carbons (Fsp3) is 0.786. The number of rotatable bonds is 6.